The van der Waals surface area contributed by atoms with Gasteiger partial charge in [-0.05, 0) is 63.6 Å². The fraction of sp³-hybridized carbons (Fsp3) is 0.409. The number of sulfonamides is 1. The number of Topliss-reactive ketones (excluding diaryl/α,β-unsaturated/α-hetero) is 1. The second-order valence-electron chi connectivity index (χ2n) is 8.65. The Bertz CT molecular complexity index is 1080. The van der Waals surface area contributed by atoms with Gasteiger partial charge in [0.1, 0.15) is 0 Å². The van der Waals surface area contributed by atoms with Crippen LogP contribution in [0.25, 0.3) is 0 Å². The van der Waals surface area contributed by atoms with Crippen LogP contribution in [0.4, 0.5) is 0 Å². The lowest BCUT2D eigenvalue weighted by Gasteiger charge is -2.38. The van der Waals surface area contributed by atoms with Crippen molar-refractivity contribution < 1.29 is 13.2 Å². The third-order valence-corrected chi connectivity index (χ3v) is 7.99. The molecule has 0 unspecified atom stereocenters. The number of halogens is 2. The van der Waals surface area contributed by atoms with Gasteiger partial charge in [-0.2, -0.15) is 4.31 Å². The summed E-state index contributed by atoms with van der Waals surface area (Å²) >= 11 is 12.2. The molecule has 0 aromatic heterocycles. The van der Waals surface area contributed by atoms with Crippen molar-refractivity contribution in [1.82, 2.24) is 9.21 Å². The van der Waals surface area contributed by atoms with E-state index in [1.807, 2.05) is 38.8 Å². The quantitative estimate of drug-likeness (QED) is 0.598. The summed E-state index contributed by atoms with van der Waals surface area (Å²) in [5.41, 5.74) is 1.50. The van der Waals surface area contributed by atoms with Crippen molar-refractivity contribution in [2.24, 2.45) is 0 Å². The van der Waals surface area contributed by atoms with Crippen molar-refractivity contribution in [1.29, 1.82) is 0 Å². The van der Waals surface area contributed by atoms with E-state index < -0.39 is 15.6 Å². The van der Waals surface area contributed by atoms with Crippen molar-refractivity contribution in [3.63, 3.8) is 0 Å². The van der Waals surface area contributed by atoms with Gasteiger partial charge in [0, 0.05) is 34.2 Å². The highest BCUT2D eigenvalue weighted by Crippen LogP contribution is 2.32. The summed E-state index contributed by atoms with van der Waals surface area (Å²) in [5.74, 6) is -0.145. The van der Waals surface area contributed by atoms with Crippen LogP contribution in [-0.4, -0.2) is 49.1 Å². The second kappa shape index (κ2) is 8.60. The fourth-order valence-corrected chi connectivity index (χ4v) is 6.20. The molecule has 162 valence electrons. The molecule has 1 aliphatic rings. The minimum Gasteiger partial charge on any atom is -0.295 e. The van der Waals surface area contributed by atoms with Crippen LogP contribution in [0.3, 0.4) is 0 Å². The number of hydrogen-bond donors (Lipinski definition) is 0. The molecule has 0 N–H and O–H groups in total. The lowest BCUT2D eigenvalue weighted by molar-refractivity contribution is 0.0943. The summed E-state index contributed by atoms with van der Waals surface area (Å²) < 4.78 is 27.8. The molecular formula is C22H26Cl2N2O3S. The molecule has 3 rings (SSSR count). The number of carbonyl (C=O) groups excluding carboxylic acids is 1. The van der Waals surface area contributed by atoms with E-state index in [4.69, 9.17) is 23.2 Å². The maximum Gasteiger partial charge on any atom is 0.243 e. The van der Waals surface area contributed by atoms with Crippen LogP contribution >= 0.6 is 23.2 Å². The Balaban J connectivity index is 1.79. The van der Waals surface area contributed by atoms with E-state index in [0.29, 0.717) is 35.1 Å². The first-order valence-electron chi connectivity index (χ1n) is 9.71. The monoisotopic (exact) mass is 468 g/mol. The Hall–Kier alpha value is -1.44. The van der Waals surface area contributed by atoms with E-state index >= 15 is 0 Å². The predicted octanol–water partition coefficient (Wildman–Crippen LogP) is 4.65. The lowest BCUT2D eigenvalue weighted by Crippen LogP contribution is -2.48. The van der Waals surface area contributed by atoms with Crippen molar-refractivity contribution >= 4 is 39.0 Å². The first-order chi connectivity index (χ1) is 13.9. The molecular weight excluding hydrogens is 443 g/mol. The number of fused-ring (bicyclic) bond motifs is 1. The molecule has 0 spiro atoms. The molecule has 0 radical (unpaired) electrons. The summed E-state index contributed by atoms with van der Waals surface area (Å²) in [6.07, 6.45) is 0.634. The highest BCUT2D eigenvalue weighted by molar-refractivity contribution is 7.89. The van der Waals surface area contributed by atoms with E-state index in [0.717, 1.165) is 11.1 Å². The molecule has 0 aliphatic carbocycles. The zero-order chi connectivity index (χ0) is 22.3. The molecule has 0 fully saturated rings. The zero-order valence-electron chi connectivity index (χ0n) is 17.6. The molecule has 2 aromatic carbocycles. The van der Waals surface area contributed by atoms with Gasteiger partial charge in [-0.15, -0.1) is 0 Å². The van der Waals surface area contributed by atoms with Crippen molar-refractivity contribution in [3.8, 4) is 0 Å². The Kier molecular flexibility index (Phi) is 6.65. The van der Waals surface area contributed by atoms with Gasteiger partial charge >= 0.3 is 0 Å². The van der Waals surface area contributed by atoms with E-state index in [1.54, 1.807) is 24.3 Å². The predicted molar refractivity (Wildman–Crippen MR) is 121 cm³/mol. The SMILES string of the molecule is CN(CC(=O)c1ccc2c(c1)S(=O)(=O)N(C(C)(C)C)CC2)Cc1ccc(Cl)cc1Cl. The van der Waals surface area contributed by atoms with Gasteiger partial charge in [0.25, 0.3) is 0 Å². The molecule has 1 heterocycles. The average molecular weight is 469 g/mol. The summed E-state index contributed by atoms with van der Waals surface area (Å²) in [6.45, 7) is 6.68. The van der Waals surface area contributed by atoms with Crippen LogP contribution in [-0.2, 0) is 23.0 Å². The van der Waals surface area contributed by atoms with Gasteiger partial charge in [0.15, 0.2) is 5.78 Å². The van der Waals surface area contributed by atoms with E-state index in [9.17, 15) is 13.2 Å². The van der Waals surface area contributed by atoms with Crippen molar-refractivity contribution in [3.05, 3.63) is 63.1 Å². The molecule has 30 heavy (non-hydrogen) atoms. The first kappa shape index (κ1) is 23.2. The first-order valence-corrected chi connectivity index (χ1v) is 11.9. The minimum absolute atomic E-state index is 0.140. The van der Waals surface area contributed by atoms with Gasteiger partial charge in [0.2, 0.25) is 10.0 Å². The Morgan fingerprint density at radius 2 is 1.83 bits per heavy atom. The third-order valence-electron chi connectivity index (χ3n) is 5.16. The lowest BCUT2D eigenvalue weighted by atomic mass is 10.0. The number of carbonyl (C=O) groups is 1. The molecule has 0 saturated carbocycles. The fourth-order valence-electron chi connectivity index (χ4n) is 3.66. The third kappa shape index (κ3) is 4.89. The molecule has 0 saturated heterocycles. The smallest absolute Gasteiger partial charge is 0.243 e. The molecule has 0 bridgehead atoms. The van der Waals surface area contributed by atoms with Gasteiger partial charge in [-0.1, -0.05) is 41.4 Å². The van der Waals surface area contributed by atoms with Crippen molar-refractivity contribution in [2.75, 3.05) is 20.1 Å². The van der Waals surface area contributed by atoms with Crippen LogP contribution < -0.4 is 0 Å². The van der Waals surface area contributed by atoms with Gasteiger partial charge in [0.05, 0.1) is 11.4 Å². The molecule has 1 aliphatic heterocycles. The van der Waals surface area contributed by atoms with Crippen LogP contribution in [0.2, 0.25) is 10.0 Å². The normalized spacial score (nSPS) is 16.5. The number of nitrogens with zero attached hydrogens (tertiary/aromatic N) is 2. The second-order valence-corrected chi connectivity index (χ2v) is 11.3. The minimum atomic E-state index is -3.65. The van der Waals surface area contributed by atoms with Crippen LogP contribution in [0, 0.1) is 0 Å². The Morgan fingerprint density at radius 3 is 2.47 bits per heavy atom. The highest BCUT2D eigenvalue weighted by atomic mass is 35.5. The van der Waals surface area contributed by atoms with Gasteiger partial charge in [-0.3, -0.25) is 9.69 Å². The number of benzene rings is 2. The van der Waals surface area contributed by atoms with Gasteiger partial charge in [-0.25, -0.2) is 8.42 Å². The van der Waals surface area contributed by atoms with E-state index in [2.05, 4.69) is 0 Å². The molecule has 2 aromatic rings. The van der Waals surface area contributed by atoms with Crippen LogP contribution in [0.1, 0.15) is 42.3 Å². The Labute approximate surface area is 188 Å². The highest BCUT2D eigenvalue weighted by Gasteiger charge is 2.38. The number of rotatable bonds is 5. The topological polar surface area (TPSA) is 57.7 Å². The summed E-state index contributed by atoms with van der Waals surface area (Å²) in [4.78, 5) is 14.9. The summed E-state index contributed by atoms with van der Waals surface area (Å²) in [6, 6.07) is 10.3. The number of hydrogen-bond acceptors (Lipinski definition) is 4. The molecule has 0 atom stereocenters. The van der Waals surface area contributed by atoms with Crippen LogP contribution in [0.5, 0.6) is 0 Å². The maximum atomic E-state index is 13.1. The molecule has 5 nitrogen and oxygen atoms in total. The van der Waals surface area contributed by atoms with E-state index in [1.165, 1.54) is 10.4 Å². The standard InChI is InChI=1S/C22H26Cl2N2O3S/c1-22(2,3)26-10-9-15-5-6-16(11-21(15)30(26,28)29)20(27)14-25(4)13-17-7-8-18(23)12-19(17)24/h5-8,11-12H,9-10,13-14H2,1-4H3. The average Bonchev–Trinajstić information content (AvgIpc) is 2.62. The zero-order valence-corrected chi connectivity index (χ0v) is 19.9. The van der Waals surface area contributed by atoms with Crippen LogP contribution in [0.15, 0.2) is 41.3 Å². The molecule has 0 amide bonds. The maximum absolute atomic E-state index is 13.1. The number of ketones is 1. The summed E-state index contributed by atoms with van der Waals surface area (Å²) in [5, 5.41) is 1.10. The van der Waals surface area contributed by atoms with E-state index in [-0.39, 0.29) is 17.2 Å². The largest absolute Gasteiger partial charge is 0.295 e. The number of likely N-dealkylation sites (N-methyl/N-ethyl adjacent to an activating group) is 1. The van der Waals surface area contributed by atoms with Crippen molar-refractivity contribution in [2.45, 2.75) is 44.2 Å². The molecule has 8 heteroatoms. The Morgan fingerprint density at radius 1 is 1.13 bits per heavy atom. The van der Waals surface area contributed by atoms with Gasteiger partial charge < -0.3 is 0 Å². The summed E-state index contributed by atoms with van der Waals surface area (Å²) in [7, 11) is -1.83.